The van der Waals surface area contributed by atoms with Crippen LogP contribution in [-0.4, -0.2) is 14.0 Å². The number of carbonyl (C=O) groups excluding carboxylic acids is 1. The van der Waals surface area contributed by atoms with Crippen molar-refractivity contribution in [3.05, 3.63) is 0 Å². The van der Waals surface area contributed by atoms with Crippen LogP contribution in [0, 0.1) is 0 Å². The summed E-state index contributed by atoms with van der Waals surface area (Å²) < 4.78 is 9.50. The smallest absolute Gasteiger partial charge is 0.106 e. The van der Waals surface area contributed by atoms with E-state index in [4.69, 9.17) is 4.79 Å². The van der Waals surface area contributed by atoms with Crippen LogP contribution in [0.4, 0.5) is 4.39 Å². The van der Waals surface area contributed by atoms with Gasteiger partial charge in [0.05, 0.1) is 7.18 Å². The third-order valence-electron chi connectivity index (χ3n) is 0. The molecule has 0 fully saturated rings. The fraction of sp³-hybridized carbons (Fsp3) is 0.500. The first-order valence-electron chi connectivity index (χ1n) is 0.667. The van der Waals surface area contributed by atoms with E-state index in [9.17, 15) is 4.39 Å². The van der Waals surface area contributed by atoms with Crippen LogP contribution in [0.5, 0.6) is 0 Å². The topological polar surface area (TPSA) is 17.1 Å². The van der Waals surface area contributed by atoms with Crippen LogP contribution in [0.2, 0.25) is 0 Å². The minimum Gasteiger partial charge on any atom is -0.307 e. The Bertz CT molecular complexity index is 6.00. The van der Waals surface area contributed by atoms with Crippen molar-refractivity contribution in [2.75, 3.05) is 7.18 Å². The Morgan fingerprint density at radius 1 is 1.50 bits per heavy atom. The average Bonchev–Trinajstić information content (AvgIpc) is 1.50. The Hall–Kier alpha value is -0.400. The first-order valence-corrected chi connectivity index (χ1v) is 0.667. The standard InChI is InChI=1S/CH3F.CH2O/c2*1-2/h1H3;1H2. The average molecular weight is 64.1 g/mol. The molecule has 0 atom stereocenters. The third kappa shape index (κ3) is 3.60. The van der Waals surface area contributed by atoms with E-state index in [2.05, 4.69) is 0 Å². The van der Waals surface area contributed by atoms with E-state index in [-0.39, 0.29) is 0 Å². The second-order valence-corrected chi connectivity index (χ2v) is 0. The molecule has 0 heterocycles. The van der Waals surface area contributed by atoms with Gasteiger partial charge in [0, 0.05) is 0 Å². The summed E-state index contributed by atoms with van der Waals surface area (Å²) >= 11 is 0. The monoisotopic (exact) mass is 64.0 g/mol. The molecule has 0 bridgehead atoms. The summed E-state index contributed by atoms with van der Waals surface area (Å²) in [7, 11) is 0.500. The lowest BCUT2D eigenvalue weighted by atomic mass is 11.9. The highest BCUT2D eigenvalue weighted by molar-refractivity contribution is 5.10. The molecule has 0 amide bonds. The van der Waals surface area contributed by atoms with E-state index < -0.39 is 0 Å². The van der Waals surface area contributed by atoms with Crippen molar-refractivity contribution in [3.63, 3.8) is 0 Å². The molecule has 1 nitrogen and oxygen atoms in total. The molecule has 0 rings (SSSR count). The van der Waals surface area contributed by atoms with Crippen molar-refractivity contribution >= 4 is 6.79 Å². The number of halogens is 1. The molecule has 0 saturated carbocycles. The maximum atomic E-state index is 9.50. The molecule has 0 aromatic heterocycles. The lowest BCUT2D eigenvalue weighted by Crippen LogP contribution is -0.939. The van der Waals surface area contributed by atoms with E-state index in [1.807, 2.05) is 6.79 Å². The number of carbonyl (C=O) groups is 1. The second kappa shape index (κ2) is 41.6. The summed E-state index contributed by atoms with van der Waals surface area (Å²) in [6, 6.07) is 0. The van der Waals surface area contributed by atoms with Crippen molar-refractivity contribution < 1.29 is 9.18 Å². The Morgan fingerprint density at radius 3 is 1.50 bits per heavy atom. The Kier molecular flexibility index (Phi) is 98.9. The summed E-state index contributed by atoms with van der Waals surface area (Å²) in [5, 5.41) is 0. The highest BCUT2D eigenvalue weighted by Crippen LogP contribution is 1.16. The van der Waals surface area contributed by atoms with E-state index in [1.165, 1.54) is 0 Å². The normalized spacial score (nSPS) is 2.50. The predicted molar refractivity (Wildman–Crippen MR) is 14.2 cm³/mol. The first kappa shape index (κ1) is 9.51. The molecule has 2 heteroatoms. The van der Waals surface area contributed by atoms with Gasteiger partial charge in [-0.25, -0.2) is 0 Å². The van der Waals surface area contributed by atoms with Crippen molar-refractivity contribution in [1.29, 1.82) is 0 Å². The molecule has 0 aromatic rings. The van der Waals surface area contributed by atoms with Crippen molar-refractivity contribution in [3.8, 4) is 0 Å². The van der Waals surface area contributed by atoms with E-state index >= 15 is 0 Å². The quantitative estimate of drug-likeness (QED) is 0.398. The van der Waals surface area contributed by atoms with Crippen LogP contribution in [0.1, 0.15) is 0 Å². The molecular weight excluding hydrogens is 59.0 g/mol. The molecule has 0 aliphatic carbocycles. The zero-order chi connectivity index (χ0) is 4.00. The maximum absolute atomic E-state index is 9.50. The highest BCUT2D eigenvalue weighted by Gasteiger charge is 0.926. The van der Waals surface area contributed by atoms with Crippen LogP contribution in [0.25, 0.3) is 0 Å². The van der Waals surface area contributed by atoms with Gasteiger partial charge >= 0.3 is 0 Å². The highest BCUT2D eigenvalue weighted by atomic mass is 19.1. The molecule has 0 radical (unpaired) electrons. The third-order valence-corrected chi connectivity index (χ3v) is 0. The van der Waals surface area contributed by atoms with Crippen molar-refractivity contribution in [2.24, 2.45) is 0 Å². The summed E-state index contributed by atoms with van der Waals surface area (Å²) in [6.07, 6.45) is 0. The molecule has 0 saturated heterocycles. The van der Waals surface area contributed by atoms with Gasteiger partial charge in [-0.3, -0.25) is 4.39 Å². The Balaban J connectivity index is 0. The van der Waals surface area contributed by atoms with Crippen molar-refractivity contribution in [1.82, 2.24) is 0 Å². The Morgan fingerprint density at radius 2 is 1.50 bits per heavy atom. The van der Waals surface area contributed by atoms with Crippen LogP contribution >= 0.6 is 0 Å². The number of hydrogen-bond donors (Lipinski definition) is 0. The molecular formula is C2H5FO. The van der Waals surface area contributed by atoms with E-state index in [0.717, 1.165) is 0 Å². The molecule has 0 aliphatic heterocycles. The molecule has 0 spiro atoms. The van der Waals surface area contributed by atoms with Crippen LogP contribution < -0.4 is 0 Å². The molecule has 26 valence electrons. The summed E-state index contributed by atoms with van der Waals surface area (Å²) in [5.74, 6) is 0. The first-order chi connectivity index (χ1) is 2.00. The second-order valence-electron chi connectivity index (χ2n) is 0. The predicted octanol–water partition coefficient (Wildman–Crippen LogP) is 0.401. The Labute approximate surface area is 24.4 Å². The van der Waals surface area contributed by atoms with Crippen LogP contribution in [0.3, 0.4) is 0 Å². The molecule has 0 aliphatic rings. The molecule has 4 heavy (non-hydrogen) atoms. The van der Waals surface area contributed by atoms with E-state index in [1.54, 1.807) is 0 Å². The van der Waals surface area contributed by atoms with Gasteiger partial charge in [-0.05, 0) is 0 Å². The van der Waals surface area contributed by atoms with Crippen LogP contribution in [-0.2, 0) is 4.79 Å². The molecule has 0 N–H and O–H groups in total. The van der Waals surface area contributed by atoms with Crippen molar-refractivity contribution in [2.45, 2.75) is 0 Å². The number of hydrogen-bond acceptors (Lipinski definition) is 1. The fourth-order valence-electron chi connectivity index (χ4n) is 0. The number of alkyl halides is 1. The minimum absolute atomic E-state index is 0.500. The van der Waals surface area contributed by atoms with Gasteiger partial charge in [0.25, 0.3) is 0 Å². The molecule has 0 unspecified atom stereocenters. The minimum atomic E-state index is 0.500. The zero-order valence-electron chi connectivity index (χ0n) is 2.49. The van der Waals surface area contributed by atoms with Gasteiger partial charge in [0.1, 0.15) is 6.79 Å². The van der Waals surface area contributed by atoms with Gasteiger partial charge in [0.15, 0.2) is 0 Å². The lowest BCUT2D eigenvalue weighted by molar-refractivity contribution is -0.0979. The van der Waals surface area contributed by atoms with E-state index in [0.29, 0.717) is 7.18 Å². The summed E-state index contributed by atoms with van der Waals surface area (Å²) in [5.41, 5.74) is 0. The van der Waals surface area contributed by atoms with Gasteiger partial charge in [-0.15, -0.1) is 0 Å². The lowest BCUT2D eigenvalue weighted by Gasteiger charge is -1.10. The number of rotatable bonds is 0. The van der Waals surface area contributed by atoms with Gasteiger partial charge in [-0.1, -0.05) is 0 Å². The SMILES string of the molecule is C=O.CF. The zero-order valence-corrected chi connectivity index (χ0v) is 2.49. The molecule has 0 aromatic carbocycles. The van der Waals surface area contributed by atoms with Gasteiger partial charge in [0.2, 0.25) is 0 Å². The van der Waals surface area contributed by atoms with Crippen LogP contribution in [0.15, 0.2) is 0 Å². The fourth-order valence-corrected chi connectivity index (χ4v) is 0. The summed E-state index contributed by atoms with van der Waals surface area (Å²) in [4.78, 5) is 8.00. The maximum Gasteiger partial charge on any atom is 0.106 e. The van der Waals surface area contributed by atoms with Gasteiger partial charge < -0.3 is 4.79 Å². The van der Waals surface area contributed by atoms with Gasteiger partial charge in [-0.2, -0.15) is 0 Å². The summed E-state index contributed by atoms with van der Waals surface area (Å²) in [6.45, 7) is 2.00. The largest absolute Gasteiger partial charge is 0.307 e.